The lowest BCUT2D eigenvalue weighted by Crippen LogP contribution is -2.57. The van der Waals surface area contributed by atoms with Crippen LogP contribution in [0.5, 0.6) is 0 Å². The first-order valence-electron chi connectivity index (χ1n) is 4.39. The number of hydrogen-bond acceptors (Lipinski definition) is 3. The maximum absolute atomic E-state index is 13.2. The van der Waals surface area contributed by atoms with Crippen molar-refractivity contribution in [2.24, 2.45) is 5.92 Å². The maximum atomic E-state index is 13.2. The van der Waals surface area contributed by atoms with Crippen molar-refractivity contribution >= 4 is 6.29 Å². The molecule has 0 aliphatic carbocycles. The molecule has 3 nitrogen and oxygen atoms in total. The summed E-state index contributed by atoms with van der Waals surface area (Å²) in [5, 5.41) is 6.04. The molecule has 4 atom stereocenters. The van der Waals surface area contributed by atoms with Gasteiger partial charge in [-0.05, 0) is 13.0 Å². The largest absolute Gasteiger partial charge is 0.312 e. The summed E-state index contributed by atoms with van der Waals surface area (Å²) in [5.41, 5.74) is 0. The summed E-state index contributed by atoms with van der Waals surface area (Å²) in [7, 11) is 0. The Morgan fingerprint density at radius 3 is 3.00 bits per heavy atom. The molecule has 0 amide bonds. The molecule has 2 heterocycles. The number of nitrogens with one attached hydrogen (secondary N) is 2. The van der Waals surface area contributed by atoms with Gasteiger partial charge in [-0.25, -0.2) is 4.39 Å². The smallest absolute Gasteiger partial charge is 0.138 e. The van der Waals surface area contributed by atoms with E-state index in [-0.39, 0.29) is 18.0 Å². The van der Waals surface area contributed by atoms with Crippen molar-refractivity contribution < 1.29 is 9.18 Å². The summed E-state index contributed by atoms with van der Waals surface area (Å²) < 4.78 is 13.2. The first kappa shape index (κ1) is 8.13. The fraction of sp³-hybridized carbons (Fsp3) is 0.875. The summed E-state index contributed by atoms with van der Waals surface area (Å²) in [4.78, 5) is 10.6. The molecule has 2 N–H and O–H groups in total. The monoisotopic (exact) mass is 172 g/mol. The fourth-order valence-corrected chi connectivity index (χ4v) is 2.21. The second-order valence-corrected chi connectivity index (χ2v) is 3.52. The van der Waals surface area contributed by atoms with Crippen molar-refractivity contribution in [2.45, 2.75) is 24.7 Å². The molecular weight excluding hydrogens is 159 g/mol. The van der Waals surface area contributed by atoms with E-state index in [1.165, 1.54) is 0 Å². The molecule has 2 rings (SSSR count). The van der Waals surface area contributed by atoms with Gasteiger partial charge in [0.1, 0.15) is 12.5 Å². The van der Waals surface area contributed by atoms with Crippen LogP contribution in [-0.2, 0) is 4.79 Å². The molecule has 68 valence electrons. The van der Waals surface area contributed by atoms with E-state index in [1.54, 1.807) is 0 Å². The minimum atomic E-state index is -0.791. The van der Waals surface area contributed by atoms with Crippen LogP contribution in [0.15, 0.2) is 0 Å². The van der Waals surface area contributed by atoms with Gasteiger partial charge in [0.2, 0.25) is 0 Å². The highest BCUT2D eigenvalue weighted by atomic mass is 19.1. The third-order valence-electron chi connectivity index (χ3n) is 2.87. The van der Waals surface area contributed by atoms with Gasteiger partial charge < -0.3 is 15.4 Å². The van der Waals surface area contributed by atoms with E-state index < -0.39 is 6.17 Å². The lowest BCUT2D eigenvalue weighted by Gasteiger charge is -2.33. The fourth-order valence-electron chi connectivity index (χ4n) is 2.21. The molecule has 0 aromatic carbocycles. The molecule has 0 bridgehead atoms. The summed E-state index contributed by atoms with van der Waals surface area (Å²) in [6, 6.07) is -0.171. The van der Waals surface area contributed by atoms with Gasteiger partial charge in [0.15, 0.2) is 0 Å². The third-order valence-corrected chi connectivity index (χ3v) is 2.87. The van der Waals surface area contributed by atoms with Crippen LogP contribution in [0.25, 0.3) is 0 Å². The van der Waals surface area contributed by atoms with E-state index >= 15 is 0 Å². The number of piperidine rings is 1. The van der Waals surface area contributed by atoms with E-state index in [0.717, 1.165) is 19.3 Å². The first-order valence-corrected chi connectivity index (χ1v) is 4.39. The SMILES string of the molecule is O=CC1NCC(F)C2CCNC12. The normalized spacial score (nSPS) is 47.1. The predicted molar refractivity (Wildman–Crippen MR) is 42.6 cm³/mol. The molecule has 0 aromatic rings. The van der Waals surface area contributed by atoms with Gasteiger partial charge in [-0.3, -0.25) is 0 Å². The first-order chi connectivity index (χ1) is 5.83. The minimum Gasteiger partial charge on any atom is -0.312 e. The molecule has 0 aromatic heterocycles. The molecule has 0 saturated carbocycles. The molecule has 4 unspecified atom stereocenters. The van der Waals surface area contributed by atoms with Gasteiger partial charge in [-0.1, -0.05) is 0 Å². The highest BCUT2D eigenvalue weighted by Gasteiger charge is 2.41. The van der Waals surface area contributed by atoms with E-state index in [9.17, 15) is 9.18 Å². The predicted octanol–water partition coefficient (Wildman–Crippen LogP) is -0.527. The Morgan fingerprint density at radius 2 is 2.25 bits per heavy atom. The summed E-state index contributed by atoms with van der Waals surface area (Å²) in [6.45, 7) is 1.16. The van der Waals surface area contributed by atoms with Gasteiger partial charge in [-0.2, -0.15) is 0 Å². The topological polar surface area (TPSA) is 41.1 Å². The van der Waals surface area contributed by atoms with E-state index in [0.29, 0.717) is 6.54 Å². The molecule has 2 saturated heterocycles. The molecule has 0 radical (unpaired) electrons. The van der Waals surface area contributed by atoms with Gasteiger partial charge in [0, 0.05) is 18.5 Å². The van der Waals surface area contributed by atoms with E-state index in [2.05, 4.69) is 10.6 Å². The summed E-state index contributed by atoms with van der Waals surface area (Å²) in [6.07, 6.45) is 0.945. The van der Waals surface area contributed by atoms with Crippen molar-refractivity contribution in [2.75, 3.05) is 13.1 Å². The van der Waals surface area contributed by atoms with Crippen LogP contribution < -0.4 is 10.6 Å². The van der Waals surface area contributed by atoms with Crippen LogP contribution in [0.1, 0.15) is 6.42 Å². The van der Waals surface area contributed by atoms with Crippen LogP contribution in [0.3, 0.4) is 0 Å². The Morgan fingerprint density at radius 1 is 1.42 bits per heavy atom. The van der Waals surface area contributed by atoms with Gasteiger partial charge >= 0.3 is 0 Å². The number of rotatable bonds is 1. The molecule has 2 aliphatic rings. The van der Waals surface area contributed by atoms with Crippen molar-refractivity contribution in [3.8, 4) is 0 Å². The molecule has 0 spiro atoms. The Labute approximate surface area is 70.7 Å². The number of alkyl halides is 1. The van der Waals surface area contributed by atoms with E-state index in [1.807, 2.05) is 0 Å². The van der Waals surface area contributed by atoms with Crippen molar-refractivity contribution in [1.29, 1.82) is 0 Å². The highest BCUT2D eigenvalue weighted by molar-refractivity contribution is 5.59. The molecule has 12 heavy (non-hydrogen) atoms. The zero-order valence-corrected chi connectivity index (χ0v) is 6.79. The minimum absolute atomic E-state index is 0.0197. The number of aldehydes is 1. The zero-order chi connectivity index (χ0) is 8.55. The quantitative estimate of drug-likeness (QED) is 0.523. The molecular formula is C8H13FN2O. The van der Waals surface area contributed by atoms with Crippen molar-refractivity contribution in [1.82, 2.24) is 10.6 Å². The number of fused-ring (bicyclic) bond motifs is 1. The number of carbonyl (C=O) groups is 1. The van der Waals surface area contributed by atoms with Crippen LogP contribution >= 0.6 is 0 Å². The summed E-state index contributed by atoms with van der Waals surface area (Å²) >= 11 is 0. The zero-order valence-electron chi connectivity index (χ0n) is 6.79. The Balaban J connectivity index is 2.10. The standard InChI is InChI=1S/C8H13FN2O/c9-6-3-11-7(4-12)8-5(6)1-2-10-8/h4-8,10-11H,1-3H2. The average molecular weight is 172 g/mol. The van der Waals surface area contributed by atoms with Crippen molar-refractivity contribution in [3.63, 3.8) is 0 Å². The number of carbonyl (C=O) groups excluding carboxylic acids is 1. The second kappa shape index (κ2) is 3.11. The average Bonchev–Trinajstić information content (AvgIpc) is 2.54. The van der Waals surface area contributed by atoms with Gasteiger partial charge in [0.05, 0.1) is 6.04 Å². The van der Waals surface area contributed by atoms with Crippen LogP contribution in [0.4, 0.5) is 4.39 Å². The Kier molecular flexibility index (Phi) is 2.11. The maximum Gasteiger partial charge on any atom is 0.138 e. The molecule has 2 fully saturated rings. The van der Waals surface area contributed by atoms with Crippen LogP contribution in [-0.4, -0.2) is 37.6 Å². The van der Waals surface area contributed by atoms with Crippen molar-refractivity contribution in [3.05, 3.63) is 0 Å². The number of halogens is 1. The van der Waals surface area contributed by atoms with Gasteiger partial charge in [0.25, 0.3) is 0 Å². The molecule has 2 aliphatic heterocycles. The lowest BCUT2D eigenvalue weighted by atomic mass is 9.87. The lowest BCUT2D eigenvalue weighted by molar-refractivity contribution is -0.111. The van der Waals surface area contributed by atoms with Gasteiger partial charge in [-0.15, -0.1) is 0 Å². The highest BCUT2D eigenvalue weighted by Crippen LogP contribution is 2.26. The summed E-state index contributed by atoms with van der Waals surface area (Å²) in [5.74, 6) is 0.0430. The Hall–Kier alpha value is -0.480. The van der Waals surface area contributed by atoms with E-state index in [4.69, 9.17) is 0 Å². The Bertz CT molecular complexity index is 188. The number of hydrogen-bond donors (Lipinski definition) is 2. The second-order valence-electron chi connectivity index (χ2n) is 3.52. The molecule has 4 heteroatoms. The third kappa shape index (κ3) is 1.15. The van der Waals surface area contributed by atoms with Crippen LogP contribution in [0, 0.1) is 5.92 Å². The van der Waals surface area contributed by atoms with Crippen LogP contribution in [0.2, 0.25) is 0 Å².